The number of hydrogen-bond donors (Lipinski definition) is 2. The molecule has 3 rings (SSSR count). The van der Waals surface area contributed by atoms with Gasteiger partial charge in [-0.2, -0.15) is 0 Å². The molecule has 2 aromatic rings. The average Bonchev–Trinajstić information content (AvgIpc) is 2.79. The Morgan fingerprint density at radius 1 is 1.06 bits per heavy atom. The maximum absolute atomic E-state index is 8.05. The first-order valence-electron chi connectivity index (χ1n) is 5.63. The van der Waals surface area contributed by atoms with Crippen molar-refractivity contribution < 1.29 is 0 Å². The molecule has 0 saturated carbocycles. The van der Waals surface area contributed by atoms with Crippen LogP contribution in [-0.2, 0) is 6.42 Å². The second-order valence-electron chi connectivity index (χ2n) is 4.36. The van der Waals surface area contributed by atoms with E-state index in [1.165, 1.54) is 11.3 Å². The second-order valence-corrected chi connectivity index (χ2v) is 4.36. The third-order valence-corrected chi connectivity index (χ3v) is 3.33. The Balaban J connectivity index is 1.95. The topological polar surface area (TPSA) is 39.6 Å². The van der Waals surface area contributed by atoms with Crippen molar-refractivity contribution in [2.75, 3.05) is 0 Å². The molecule has 1 aliphatic carbocycles. The predicted molar refractivity (Wildman–Crippen MR) is 65.1 cm³/mol. The quantitative estimate of drug-likeness (QED) is 0.726. The van der Waals surface area contributed by atoms with E-state index in [2.05, 4.69) is 29.2 Å². The van der Waals surface area contributed by atoms with E-state index in [0.29, 0.717) is 5.92 Å². The number of nitrogens with one attached hydrogen (secondary N) is 2. The Morgan fingerprint density at radius 2 is 1.88 bits per heavy atom. The standard InChI is InChI=1S/C14H14N2/c15-13-8-11(10-4-2-1-3-5-10)9-14-12(13)6-7-16-14/h1-7,11,15-16H,8-9H2. The van der Waals surface area contributed by atoms with Gasteiger partial charge >= 0.3 is 0 Å². The van der Waals surface area contributed by atoms with Crippen LogP contribution < -0.4 is 0 Å². The van der Waals surface area contributed by atoms with Gasteiger partial charge in [-0.3, -0.25) is 0 Å². The highest BCUT2D eigenvalue weighted by Gasteiger charge is 2.24. The number of rotatable bonds is 1. The molecule has 0 fully saturated rings. The molecule has 1 aromatic carbocycles. The largest absolute Gasteiger partial charge is 0.364 e. The molecule has 1 atom stereocenters. The number of hydrogen-bond acceptors (Lipinski definition) is 1. The molecular weight excluding hydrogens is 196 g/mol. The van der Waals surface area contributed by atoms with Crippen LogP contribution in [0.4, 0.5) is 0 Å². The van der Waals surface area contributed by atoms with Crippen molar-refractivity contribution in [2.24, 2.45) is 0 Å². The number of aromatic nitrogens is 1. The minimum absolute atomic E-state index is 0.458. The molecule has 2 nitrogen and oxygen atoms in total. The Kier molecular flexibility index (Phi) is 2.13. The van der Waals surface area contributed by atoms with Gasteiger partial charge in [0.1, 0.15) is 0 Å². The first kappa shape index (κ1) is 9.40. The summed E-state index contributed by atoms with van der Waals surface area (Å²) >= 11 is 0. The Hall–Kier alpha value is -1.83. The maximum Gasteiger partial charge on any atom is 0.0410 e. The molecule has 1 heterocycles. The first-order chi connectivity index (χ1) is 7.84. The molecule has 0 aliphatic heterocycles. The molecule has 0 radical (unpaired) electrons. The number of aromatic amines is 1. The van der Waals surface area contributed by atoms with Gasteiger partial charge in [-0.1, -0.05) is 30.3 Å². The van der Waals surface area contributed by atoms with Crippen LogP contribution in [0.15, 0.2) is 42.6 Å². The van der Waals surface area contributed by atoms with Crippen molar-refractivity contribution in [1.29, 1.82) is 5.41 Å². The van der Waals surface area contributed by atoms with E-state index in [4.69, 9.17) is 5.41 Å². The zero-order chi connectivity index (χ0) is 11.0. The number of H-pyrrole nitrogens is 1. The normalized spacial score (nSPS) is 19.5. The highest BCUT2D eigenvalue weighted by atomic mass is 14.7. The summed E-state index contributed by atoms with van der Waals surface area (Å²) in [6, 6.07) is 12.5. The fourth-order valence-electron chi connectivity index (χ4n) is 2.49. The Labute approximate surface area is 94.8 Å². The molecular formula is C14H14N2. The average molecular weight is 210 g/mol. The van der Waals surface area contributed by atoms with Crippen LogP contribution in [0.25, 0.3) is 0 Å². The molecule has 1 unspecified atom stereocenters. The summed E-state index contributed by atoms with van der Waals surface area (Å²) in [6.45, 7) is 0. The molecule has 0 spiro atoms. The third kappa shape index (κ3) is 1.47. The van der Waals surface area contributed by atoms with Gasteiger partial charge in [0.2, 0.25) is 0 Å². The monoisotopic (exact) mass is 210 g/mol. The lowest BCUT2D eigenvalue weighted by Gasteiger charge is -2.23. The van der Waals surface area contributed by atoms with Crippen LogP contribution in [0.3, 0.4) is 0 Å². The summed E-state index contributed by atoms with van der Waals surface area (Å²) < 4.78 is 0. The van der Waals surface area contributed by atoms with E-state index >= 15 is 0 Å². The minimum atomic E-state index is 0.458. The SMILES string of the molecule is N=C1CC(c2ccccc2)Cc2[nH]ccc21. The van der Waals surface area contributed by atoms with E-state index in [9.17, 15) is 0 Å². The molecule has 0 saturated heterocycles. The third-order valence-electron chi connectivity index (χ3n) is 3.33. The summed E-state index contributed by atoms with van der Waals surface area (Å²) in [4.78, 5) is 3.25. The minimum Gasteiger partial charge on any atom is -0.364 e. The fraction of sp³-hybridized carbons (Fsp3) is 0.214. The highest BCUT2D eigenvalue weighted by molar-refractivity contribution is 6.00. The van der Waals surface area contributed by atoms with Gasteiger partial charge in [0.15, 0.2) is 0 Å². The van der Waals surface area contributed by atoms with Gasteiger partial charge in [0.25, 0.3) is 0 Å². The van der Waals surface area contributed by atoms with E-state index in [0.717, 1.165) is 24.1 Å². The summed E-state index contributed by atoms with van der Waals surface area (Å²) in [5, 5.41) is 8.05. The second kappa shape index (κ2) is 3.63. The molecule has 2 heteroatoms. The van der Waals surface area contributed by atoms with E-state index in [1.54, 1.807) is 0 Å². The maximum atomic E-state index is 8.05. The van der Waals surface area contributed by atoms with Gasteiger partial charge in [-0.25, -0.2) is 0 Å². The van der Waals surface area contributed by atoms with E-state index in [-0.39, 0.29) is 0 Å². The molecule has 16 heavy (non-hydrogen) atoms. The van der Waals surface area contributed by atoms with Gasteiger partial charge < -0.3 is 10.4 Å². The zero-order valence-electron chi connectivity index (χ0n) is 9.03. The summed E-state index contributed by atoms with van der Waals surface area (Å²) in [5.74, 6) is 0.458. The molecule has 1 aromatic heterocycles. The van der Waals surface area contributed by atoms with Crippen LogP contribution in [0, 0.1) is 5.41 Å². The number of fused-ring (bicyclic) bond motifs is 1. The molecule has 0 bridgehead atoms. The van der Waals surface area contributed by atoms with Crippen LogP contribution in [0.1, 0.15) is 29.2 Å². The summed E-state index contributed by atoms with van der Waals surface area (Å²) in [5.41, 5.74) is 4.42. The van der Waals surface area contributed by atoms with Gasteiger partial charge in [0.05, 0.1) is 0 Å². The van der Waals surface area contributed by atoms with Crippen LogP contribution in [-0.4, -0.2) is 10.7 Å². The van der Waals surface area contributed by atoms with Crippen molar-refractivity contribution in [3.8, 4) is 0 Å². The van der Waals surface area contributed by atoms with Crippen molar-refractivity contribution in [1.82, 2.24) is 4.98 Å². The Bertz CT molecular complexity index is 511. The lowest BCUT2D eigenvalue weighted by Crippen LogP contribution is -2.17. The molecule has 0 amide bonds. The van der Waals surface area contributed by atoms with E-state index in [1.807, 2.05) is 18.3 Å². The highest BCUT2D eigenvalue weighted by Crippen LogP contribution is 2.31. The fourth-order valence-corrected chi connectivity index (χ4v) is 2.49. The smallest absolute Gasteiger partial charge is 0.0410 e. The molecule has 2 N–H and O–H groups in total. The van der Waals surface area contributed by atoms with Gasteiger partial charge in [0, 0.05) is 23.2 Å². The van der Waals surface area contributed by atoms with Crippen molar-refractivity contribution >= 4 is 5.71 Å². The van der Waals surface area contributed by atoms with Crippen molar-refractivity contribution in [2.45, 2.75) is 18.8 Å². The molecule has 80 valence electrons. The Morgan fingerprint density at radius 3 is 2.69 bits per heavy atom. The lowest BCUT2D eigenvalue weighted by molar-refractivity contribution is 0.683. The summed E-state index contributed by atoms with van der Waals surface area (Å²) in [7, 11) is 0. The van der Waals surface area contributed by atoms with E-state index < -0.39 is 0 Å². The summed E-state index contributed by atoms with van der Waals surface area (Å²) in [6.07, 6.45) is 3.82. The van der Waals surface area contributed by atoms with Crippen LogP contribution in [0.2, 0.25) is 0 Å². The zero-order valence-corrected chi connectivity index (χ0v) is 9.03. The van der Waals surface area contributed by atoms with Crippen LogP contribution in [0.5, 0.6) is 0 Å². The van der Waals surface area contributed by atoms with Crippen molar-refractivity contribution in [3.05, 3.63) is 59.4 Å². The lowest BCUT2D eigenvalue weighted by atomic mass is 9.82. The first-order valence-corrected chi connectivity index (χ1v) is 5.63. The number of benzene rings is 1. The molecule has 1 aliphatic rings. The van der Waals surface area contributed by atoms with Gasteiger partial charge in [-0.05, 0) is 30.4 Å². The predicted octanol–water partition coefficient (Wildman–Crippen LogP) is 3.11. The van der Waals surface area contributed by atoms with Crippen molar-refractivity contribution in [3.63, 3.8) is 0 Å². The van der Waals surface area contributed by atoms with Gasteiger partial charge in [-0.15, -0.1) is 0 Å². The van der Waals surface area contributed by atoms with Crippen LogP contribution >= 0.6 is 0 Å².